The predicted octanol–water partition coefficient (Wildman–Crippen LogP) is 6.07. The lowest BCUT2D eigenvalue weighted by Gasteiger charge is -2.17. The van der Waals surface area contributed by atoms with E-state index >= 15 is 0 Å². The van der Waals surface area contributed by atoms with Gasteiger partial charge in [0.1, 0.15) is 5.82 Å². The molecule has 2 aromatic carbocycles. The Morgan fingerprint density at radius 2 is 1.86 bits per heavy atom. The van der Waals surface area contributed by atoms with E-state index in [4.69, 9.17) is 34.8 Å². The number of nitrogens with one attached hydrogen (secondary N) is 3. The molecule has 0 spiro atoms. The summed E-state index contributed by atoms with van der Waals surface area (Å²) in [5.74, 6) is -0.213. The van der Waals surface area contributed by atoms with Gasteiger partial charge in [-0.15, -0.1) is 0 Å². The van der Waals surface area contributed by atoms with Gasteiger partial charge in [0.05, 0.1) is 15.7 Å². The highest BCUT2D eigenvalue weighted by Gasteiger charge is 2.43. The fraction of sp³-hybridized carbons (Fsp3) is 0.462. The van der Waals surface area contributed by atoms with Crippen LogP contribution in [0.3, 0.4) is 0 Å². The molecule has 0 unspecified atom stereocenters. The van der Waals surface area contributed by atoms with Crippen LogP contribution in [0.15, 0.2) is 36.4 Å². The summed E-state index contributed by atoms with van der Waals surface area (Å²) in [4.78, 5) is 26.9. The highest BCUT2D eigenvalue weighted by atomic mass is 35.5. The molecule has 3 amide bonds. The minimum atomic E-state index is -0.565. The summed E-state index contributed by atoms with van der Waals surface area (Å²) in [5, 5.41) is 9.83. The Balaban J connectivity index is 1.05. The summed E-state index contributed by atoms with van der Waals surface area (Å²) in [7, 11) is 0. The molecular weight excluding hydrogens is 526 g/mol. The van der Waals surface area contributed by atoms with Crippen LogP contribution in [0.1, 0.15) is 43.6 Å². The minimum Gasteiger partial charge on any atom is -0.356 e. The molecule has 0 radical (unpaired) electrons. The first-order valence-corrected chi connectivity index (χ1v) is 13.4. The number of nitrogens with zero attached hydrogens (tertiary/aromatic N) is 1. The van der Waals surface area contributed by atoms with Crippen LogP contribution >= 0.6 is 34.8 Å². The molecule has 1 heterocycles. The molecule has 2 aromatic rings. The largest absolute Gasteiger partial charge is 0.356 e. The van der Waals surface area contributed by atoms with Crippen molar-refractivity contribution in [1.29, 1.82) is 0 Å². The number of unbranched alkanes of at least 4 members (excludes halogenated alkanes) is 2. The van der Waals surface area contributed by atoms with E-state index in [0.717, 1.165) is 57.3 Å². The third-order valence-corrected chi connectivity index (χ3v) is 7.71. The van der Waals surface area contributed by atoms with Crippen molar-refractivity contribution in [2.45, 2.75) is 44.1 Å². The first kappa shape index (κ1) is 27.0. The van der Waals surface area contributed by atoms with Crippen LogP contribution in [0.4, 0.5) is 14.9 Å². The summed E-state index contributed by atoms with van der Waals surface area (Å²) in [5.41, 5.74) is 1.17. The third kappa shape index (κ3) is 7.48. The van der Waals surface area contributed by atoms with Gasteiger partial charge < -0.3 is 20.9 Å². The van der Waals surface area contributed by atoms with Crippen LogP contribution in [0.5, 0.6) is 0 Å². The molecule has 1 saturated carbocycles. The minimum absolute atomic E-state index is 0.0182. The Morgan fingerprint density at radius 3 is 2.64 bits per heavy atom. The molecule has 2 fully saturated rings. The maximum absolute atomic E-state index is 13.8. The van der Waals surface area contributed by atoms with E-state index in [9.17, 15) is 14.0 Å². The number of hydrogen-bond acceptors (Lipinski definition) is 3. The predicted molar refractivity (Wildman–Crippen MR) is 143 cm³/mol. The number of amides is 3. The average molecular weight is 556 g/mol. The molecule has 3 atom stereocenters. The number of hydrogen-bond donors (Lipinski definition) is 3. The molecule has 10 heteroatoms. The molecule has 1 aliphatic carbocycles. The number of halogens is 4. The first-order valence-electron chi connectivity index (χ1n) is 12.3. The average Bonchev–Trinajstić information content (AvgIpc) is 3.52. The van der Waals surface area contributed by atoms with Gasteiger partial charge >= 0.3 is 6.03 Å². The third-order valence-electron chi connectivity index (χ3n) is 6.74. The Labute approximate surface area is 225 Å². The van der Waals surface area contributed by atoms with Crippen molar-refractivity contribution < 1.29 is 14.0 Å². The Hall–Kier alpha value is -2.06. The van der Waals surface area contributed by atoms with E-state index in [1.165, 1.54) is 18.2 Å². The van der Waals surface area contributed by atoms with Crippen molar-refractivity contribution in [2.24, 2.45) is 5.92 Å². The zero-order chi connectivity index (χ0) is 25.7. The molecule has 6 nitrogen and oxygen atoms in total. The van der Waals surface area contributed by atoms with Crippen LogP contribution in [-0.2, 0) is 4.79 Å². The van der Waals surface area contributed by atoms with Gasteiger partial charge in [0.2, 0.25) is 5.91 Å². The van der Waals surface area contributed by atoms with Crippen LogP contribution in [0.2, 0.25) is 15.1 Å². The second-order valence-corrected chi connectivity index (χ2v) is 10.7. The molecule has 0 aromatic heterocycles. The Morgan fingerprint density at radius 1 is 1.03 bits per heavy atom. The smallest absolute Gasteiger partial charge is 0.319 e. The quantitative estimate of drug-likeness (QED) is 0.312. The SMILES string of the molecule is O=C(Nc1ccc(Cl)cc1F)N[C@H]1CCN(CCCCCNC(=O)[C@@H]2C[C@H]2c2ccc(Cl)c(Cl)c2)C1. The van der Waals surface area contributed by atoms with Crippen molar-refractivity contribution in [3.63, 3.8) is 0 Å². The van der Waals surface area contributed by atoms with E-state index in [0.29, 0.717) is 16.6 Å². The molecule has 2 aliphatic rings. The van der Waals surface area contributed by atoms with Crippen LogP contribution in [0.25, 0.3) is 0 Å². The number of benzene rings is 2. The molecule has 1 saturated heterocycles. The van der Waals surface area contributed by atoms with Crippen molar-refractivity contribution in [1.82, 2.24) is 15.5 Å². The van der Waals surface area contributed by atoms with E-state index in [-0.39, 0.29) is 34.5 Å². The molecule has 4 rings (SSSR count). The standard InChI is InChI=1S/C26H30Cl3FN4O2/c27-17-5-7-24(23(30)13-17)33-26(36)32-18-8-11-34(15-18)10-3-1-2-9-31-25(35)20-14-19(20)16-4-6-21(28)22(29)12-16/h4-7,12-13,18-20H,1-3,8-11,14-15H2,(H,31,35)(H2,32,33,36)/t18-,19-,20+/m0/s1. The fourth-order valence-electron chi connectivity index (χ4n) is 4.66. The summed E-state index contributed by atoms with van der Waals surface area (Å²) in [6.07, 6.45) is 4.68. The molecule has 36 heavy (non-hydrogen) atoms. The number of likely N-dealkylation sites (tertiary alicyclic amines) is 1. The number of carbonyl (C=O) groups excluding carboxylic acids is 2. The van der Waals surface area contributed by atoms with Crippen LogP contribution < -0.4 is 16.0 Å². The fourth-order valence-corrected chi connectivity index (χ4v) is 5.13. The summed E-state index contributed by atoms with van der Waals surface area (Å²) in [6, 6.07) is 9.33. The van der Waals surface area contributed by atoms with Crippen molar-refractivity contribution >= 4 is 52.4 Å². The van der Waals surface area contributed by atoms with Crippen molar-refractivity contribution in [3.8, 4) is 0 Å². The monoisotopic (exact) mass is 554 g/mol. The first-order chi connectivity index (χ1) is 17.3. The van der Waals surface area contributed by atoms with E-state index < -0.39 is 11.8 Å². The maximum atomic E-state index is 13.8. The van der Waals surface area contributed by atoms with E-state index in [1.807, 2.05) is 12.1 Å². The topological polar surface area (TPSA) is 73.5 Å². The van der Waals surface area contributed by atoms with E-state index in [2.05, 4.69) is 20.9 Å². The second-order valence-electron chi connectivity index (χ2n) is 9.48. The molecule has 0 bridgehead atoms. The zero-order valence-corrected chi connectivity index (χ0v) is 22.1. The number of anilines is 1. The highest BCUT2D eigenvalue weighted by molar-refractivity contribution is 6.42. The van der Waals surface area contributed by atoms with Gasteiger partial charge in [-0.1, -0.05) is 47.3 Å². The summed E-state index contributed by atoms with van der Waals surface area (Å²) in [6.45, 7) is 3.30. The van der Waals surface area contributed by atoms with Crippen molar-refractivity contribution in [2.75, 3.05) is 31.5 Å². The lowest BCUT2D eigenvalue weighted by Crippen LogP contribution is -2.40. The van der Waals surface area contributed by atoms with Gasteiger partial charge in [-0.05, 0) is 74.0 Å². The molecule has 1 aliphatic heterocycles. The van der Waals surface area contributed by atoms with Gasteiger partial charge in [0.25, 0.3) is 0 Å². The van der Waals surface area contributed by atoms with Gasteiger partial charge in [-0.2, -0.15) is 0 Å². The van der Waals surface area contributed by atoms with Crippen molar-refractivity contribution in [3.05, 3.63) is 62.8 Å². The summed E-state index contributed by atoms with van der Waals surface area (Å²) < 4.78 is 13.8. The van der Waals surface area contributed by atoms with Crippen LogP contribution in [-0.4, -0.2) is 49.1 Å². The molecular formula is C26H30Cl3FN4O2. The van der Waals surface area contributed by atoms with Crippen LogP contribution in [0, 0.1) is 11.7 Å². The maximum Gasteiger partial charge on any atom is 0.319 e. The van der Waals surface area contributed by atoms with Gasteiger partial charge in [0, 0.05) is 36.6 Å². The van der Waals surface area contributed by atoms with E-state index in [1.54, 1.807) is 6.07 Å². The summed E-state index contributed by atoms with van der Waals surface area (Å²) >= 11 is 17.8. The van der Waals surface area contributed by atoms with Gasteiger partial charge in [-0.3, -0.25) is 4.79 Å². The lowest BCUT2D eigenvalue weighted by atomic mass is 10.1. The second kappa shape index (κ2) is 12.5. The van der Waals surface area contributed by atoms with Gasteiger partial charge in [0.15, 0.2) is 0 Å². The number of carbonyl (C=O) groups is 2. The number of rotatable bonds is 10. The lowest BCUT2D eigenvalue weighted by molar-refractivity contribution is -0.122. The normalized spacial score (nSPS) is 21.3. The number of urea groups is 1. The molecule has 3 N–H and O–H groups in total. The highest BCUT2D eigenvalue weighted by Crippen LogP contribution is 2.48. The molecule has 194 valence electrons. The zero-order valence-electron chi connectivity index (χ0n) is 19.8. The van der Waals surface area contributed by atoms with Gasteiger partial charge in [-0.25, -0.2) is 9.18 Å². The Bertz CT molecular complexity index is 1100. The Kier molecular flexibility index (Phi) is 9.34.